The number of halogens is 2. The first-order valence-electron chi connectivity index (χ1n) is 8.96. The first-order valence-corrected chi connectivity index (χ1v) is 9.33. The number of fused-ring (bicyclic) bond motifs is 1. The molecule has 0 fully saturated rings. The third kappa shape index (κ3) is 3.71. The highest BCUT2D eigenvalue weighted by Gasteiger charge is 2.22. The van der Waals surface area contributed by atoms with Gasteiger partial charge in [-0.25, -0.2) is 9.37 Å². The first kappa shape index (κ1) is 19.1. The van der Waals surface area contributed by atoms with E-state index in [-0.39, 0.29) is 17.2 Å². The van der Waals surface area contributed by atoms with Crippen LogP contribution in [0.15, 0.2) is 59.1 Å². The Balaban J connectivity index is 1.78. The van der Waals surface area contributed by atoms with Crippen LogP contribution >= 0.6 is 11.6 Å². The maximum absolute atomic E-state index is 14.3. The monoisotopic (exact) mass is 409 g/mol. The Morgan fingerprint density at radius 2 is 1.97 bits per heavy atom. The lowest BCUT2D eigenvalue weighted by molar-refractivity contribution is 0.0787. The normalized spacial score (nSPS) is 11.0. The molecule has 0 atom stereocenters. The number of nitrogens with zero attached hydrogens (tertiary/aromatic N) is 3. The molecule has 0 aliphatic heterocycles. The quantitative estimate of drug-likeness (QED) is 0.461. The van der Waals surface area contributed by atoms with Gasteiger partial charge in [0.15, 0.2) is 0 Å². The molecule has 5 nitrogen and oxygen atoms in total. The summed E-state index contributed by atoms with van der Waals surface area (Å²) >= 11 is 6.04. The Labute approximate surface area is 171 Å². The highest BCUT2D eigenvalue weighted by atomic mass is 35.5. The number of carbonyl (C=O) groups is 1. The predicted molar refractivity (Wildman–Crippen MR) is 109 cm³/mol. The number of rotatable bonds is 4. The second-order valence-corrected chi connectivity index (χ2v) is 7.21. The Morgan fingerprint density at radius 3 is 2.72 bits per heavy atom. The summed E-state index contributed by atoms with van der Waals surface area (Å²) in [6.07, 6.45) is 0. The van der Waals surface area contributed by atoms with E-state index in [0.29, 0.717) is 33.9 Å². The number of pyridine rings is 1. The maximum atomic E-state index is 14.3. The number of carbonyl (C=O) groups excluding carboxylic acids is 1. The minimum Gasteiger partial charge on any atom is -0.337 e. The predicted octanol–water partition coefficient (Wildman–Crippen LogP) is 5.26. The fraction of sp³-hybridized carbons (Fsp3) is 0.136. The smallest absolute Gasteiger partial charge is 0.259 e. The zero-order valence-corrected chi connectivity index (χ0v) is 16.6. The van der Waals surface area contributed by atoms with Gasteiger partial charge in [0.1, 0.15) is 5.82 Å². The molecule has 0 bridgehead atoms. The lowest BCUT2D eigenvalue weighted by atomic mass is 10.0. The van der Waals surface area contributed by atoms with E-state index < -0.39 is 5.82 Å². The van der Waals surface area contributed by atoms with E-state index >= 15 is 0 Å². The van der Waals surface area contributed by atoms with E-state index in [1.807, 2.05) is 18.2 Å². The van der Waals surface area contributed by atoms with Crippen molar-refractivity contribution < 1.29 is 13.7 Å². The molecule has 0 N–H and O–H groups in total. The lowest BCUT2D eigenvalue weighted by Crippen LogP contribution is -2.26. The van der Waals surface area contributed by atoms with Crippen LogP contribution in [0.4, 0.5) is 4.39 Å². The minimum atomic E-state index is -0.429. The standard InChI is InChI=1S/C22H17ClFN3O2/c1-13-20-17(22(28)27(2)12-14-6-5-7-15(23)10-14)11-19(25-21(20)29-26-13)16-8-3-4-9-18(16)24/h3-11H,12H2,1-2H3. The third-order valence-corrected chi connectivity index (χ3v) is 4.89. The fourth-order valence-electron chi connectivity index (χ4n) is 3.26. The summed E-state index contributed by atoms with van der Waals surface area (Å²) in [6.45, 7) is 2.10. The van der Waals surface area contributed by atoms with Crippen LogP contribution in [-0.4, -0.2) is 28.0 Å². The molecule has 7 heteroatoms. The van der Waals surface area contributed by atoms with Crippen molar-refractivity contribution in [3.8, 4) is 11.3 Å². The average molecular weight is 410 g/mol. The van der Waals surface area contributed by atoms with Gasteiger partial charge in [0.25, 0.3) is 11.6 Å². The van der Waals surface area contributed by atoms with Gasteiger partial charge in [0, 0.05) is 24.2 Å². The van der Waals surface area contributed by atoms with Crippen molar-refractivity contribution in [2.75, 3.05) is 7.05 Å². The molecule has 2 heterocycles. The van der Waals surface area contributed by atoms with E-state index in [1.54, 1.807) is 49.2 Å². The molecule has 0 saturated heterocycles. The molecule has 0 aliphatic carbocycles. The first-order chi connectivity index (χ1) is 13.9. The van der Waals surface area contributed by atoms with E-state index in [9.17, 15) is 9.18 Å². The van der Waals surface area contributed by atoms with Gasteiger partial charge < -0.3 is 9.42 Å². The number of benzene rings is 2. The van der Waals surface area contributed by atoms with Gasteiger partial charge in [-0.3, -0.25) is 4.79 Å². The number of aromatic nitrogens is 2. The molecule has 0 unspecified atom stereocenters. The summed E-state index contributed by atoms with van der Waals surface area (Å²) < 4.78 is 19.6. The summed E-state index contributed by atoms with van der Waals surface area (Å²) in [4.78, 5) is 19.2. The highest BCUT2D eigenvalue weighted by Crippen LogP contribution is 2.29. The summed E-state index contributed by atoms with van der Waals surface area (Å²) in [7, 11) is 1.70. The van der Waals surface area contributed by atoms with Gasteiger partial charge in [-0.1, -0.05) is 41.0 Å². The second-order valence-electron chi connectivity index (χ2n) is 6.77. The van der Waals surface area contributed by atoms with Crippen molar-refractivity contribution in [3.05, 3.63) is 82.3 Å². The highest BCUT2D eigenvalue weighted by molar-refractivity contribution is 6.30. The molecule has 1 amide bonds. The second kappa shape index (κ2) is 7.64. The van der Waals surface area contributed by atoms with Gasteiger partial charge >= 0.3 is 0 Å². The van der Waals surface area contributed by atoms with Crippen molar-refractivity contribution in [3.63, 3.8) is 0 Å². The molecule has 4 rings (SSSR count). The zero-order valence-electron chi connectivity index (χ0n) is 15.8. The Bertz CT molecular complexity index is 1220. The number of amides is 1. The summed E-state index contributed by atoms with van der Waals surface area (Å²) in [5, 5.41) is 5.06. The number of aryl methyl sites for hydroxylation is 1. The van der Waals surface area contributed by atoms with Gasteiger partial charge in [-0.15, -0.1) is 0 Å². The summed E-state index contributed by atoms with van der Waals surface area (Å²) in [6, 6.07) is 15.2. The summed E-state index contributed by atoms with van der Waals surface area (Å²) in [5.41, 5.74) is 2.60. The van der Waals surface area contributed by atoms with Gasteiger partial charge in [0.05, 0.1) is 22.3 Å². The maximum Gasteiger partial charge on any atom is 0.259 e. The SMILES string of the molecule is Cc1noc2nc(-c3ccccc3F)cc(C(=O)N(C)Cc3cccc(Cl)c3)c12. The Kier molecular flexibility index (Phi) is 5.03. The molecule has 29 heavy (non-hydrogen) atoms. The van der Waals surface area contributed by atoms with Crippen LogP contribution < -0.4 is 0 Å². The molecular weight excluding hydrogens is 393 g/mol. The molecule has 0 spiro atoms. The average Bonchev–Trinajstić information content (AvgIpc) is 3.08. The van der Waals surface area contributed by atoms with E-state index in [2.05, 4.69) is 10.1 Å². The number of hydrogen-bond donors (Lipinski definition) is 0. The van der Waals surface area contributed by atoms with Crippen molar-refractivity contribution in [2.24, 2.45) is 0 Å². The van der Waals surface area contributed by atoms with Crippen LogP contribution in [0.1, 0.15) is 21.6 Å². The fourth-order valence-corrected chi connectivity index (χ4v) is 3.47. The van der Waals surface area contributed by atoms with E-state index in [4.69, 9.17) is 16.1 Å². The molecule has 4 aromatic rings. The molecule has 2 aromatic heterocycles. The van der Waals surface area contributed by atoms with Crippen molar-refractivity contribution >= 4 is 28.6 Å². The molecular formula is C22H17ClFN3O2. The topological polar surface area (TPSA) is 59.2 Å². The van der Waals surface area contributed by atoms with Crippen LogP contribution in [0.3, 0.4) is 0 Å². The van der Waals surface area contributed by atoms with Gasteiger partial charge in [-0.2, -0.15) is 0 Å². The van der Waals surface area contributed by atoms with Crippen LogP contribution in [0.25, 0.3) is 22.4 Å². The van der Waals surface area contributed by atoms with Crippen molar-refractivity contribution in [1.82, 2.24) is 15.0 Å². The summed E-state index contributed by atoms with van der Waals surface area (Å²) in [5.74, 6) is -0.678. The molecule has 0 radical (unpaired) electrons. The molecule has 2 aromatic carbocycles. The zero-order chi connectivity index (χ0) is 20.5. The number of hydrogen-bond acceptors (Lipinski definition) is 4. The van der Waals surface area contributed by atoms with E-state index in [0.717, 1.165) is 5.56 Å². The van der Waals surface area contributed by atoms with Crippen LogP contribution in [-0.2, 0) is 6.54 Å². The Hall–Kier alpha value is -3.25. The van der Waals surface area contributed by atoms with Gasteiger partial charge in [0.2, 0.25) is 0 Å². The molecule has 146 valence electrons. The third-order valence-electron chi connectivity index (χ3n) is 4.65. The molecule has 0 saturated carbocycles. The largest absolute Gasteiger partial charge is 0.337 e. The van der Waals surface area contributed by atoms with Gasteiger partial charge in [-0.05, 0) is 42.8 Å². The Morgan fingerprint density at radius 1 is 1.17 bits per heavy atom. The van der Waals surface area contributed by atoms with Crippen molar-refractivity contribution in [1.29, 1.82) is 0 Å². The lowest BCUT2D eigenvalue weighted by Gasteiger charge is -2.18. The van der Waals surface area contributed by atoms with Crippen LogP contribution in [0.2, 0.25) is 5.02 Å². The minimum absolute atomic E-state index is 0.197. The molecule has 0 aliphatic rings. The van der Waals surface area contributed by atoms with Crippen LogP contribution in [0.5, 0.6) is 0 Å². The van der Waals surface area contributed by atoms with Crippen LogP contribution in [0, 0.1) is 12.7 Å². The van der Waals surface area contributed by atoms with E-state index in [1.165, 1.54) is 6.07 Å². The van der Waals surface area contributed by atoms with Crippen molar-refractivity contribution in [2.45, 2.75) is 13.5 Å².